The summed E-state index contributed by atoms with van der Waals surface area (Å²) in [6.07, 6.45) is 4.89. The number of nitrogens with two attached hydrogens (primary N) is 1. The maximum atomic E-state index is 11.2. The third kappa shape index (κ3) is 3.07. The fourth-order valence-corrected chi connectivity index (χ4v) is 2.98. The summed E-state index contributed by atoms with van der Waals surface area (Å²) < 4.78 is 0. The van der Waals surface area contributed by atoms with Crippen molar-refractivity contribution in [1.29, 1.82) is 0 Å². The summed E-state index contributed by atoms with van der Waals surface area (Å²) in [6, 6.07) is 14.0. The van der Waals surface area contributed by atoms with Gasteiger partial charge in [0.2, 0.25) is 5.91 Å². The molecule has 0 spiro atoms. The second kappa shape index (κ2) is 6.00. The number of anilines is 1. The predicted octanol–water partition coefficient (Wildman–Crippen LogP) is 3.28. The van der Waals surface area contributed by atoms with Crippen LogP contribution in [0.25, 0.3) is 0 Å². The molecule has 3 nitrogen and oxygen atoms in total. The summed E-state index contributed by atoms with van der Waals surface area (Å²) in [5, 5.41) is 3.50. The average Bonchev–Trinajstić information content (AvgIpc) is 2.53. The van der Waals surface area contributed by atoms with Crippen molar-refractivity contribution >= 4 is 11.6 Å². The number of primary amides is 1. The summed E-state index contributed by atoms with van der Waals surface area (Å²) in [4.78, 5) is 11.2. The summed E-state index contributed by atoms with van der Waals surface area (Å²) in [5.74, 6) is -0.381. The number of nitrogens with one attached hydrogen (secondary N) is 1. The van der Waals surface area contributed by atoms with Gasteiger partial charge >= 0.3 is 0 Å². The van der Waals surface area contributed by atoms with Gasteiger partial charge in [0.05, 0.1) is 0 Å². The summed E-state index contributed by atoms with van der Waals surface area (Å²) in [6.45, 7) is 0.706. The van der Waals surface area contributed by atoms with Crippen molar-refractivity contribution in [2.75, 3.05) is 5.32 Å². The number of benzene rings is 2. The van der Waals surface area contributed by atoms with E-state index in [0.29, 0.717) is 12.1 Å². The maximum Gasteiger partial charge on any atom is 0.248 e. The molecule has 108 valence electrons. The highest BCUT2D eigenvalue weighted by Gasteiger charge is 2.12. The van der Waals surface area contributed by atoms with Crippen LogP contribution in [0.15, 0.2) is 42.5 Å². The van der Waals surface area contributed by atoms with Crippen LogP contribution in [0.2, 0.25) is 0 Å². The molecule has 0 radical (unpaired) electrons. The third-order valence-corrected chi connectivity index (χ3v) is 4.09. The molecule has 2 aromatic carbocycles. The smallest absolute Gasteiger partial charge is 0.248 e. The molecule has 0 saturated carbocycles. The number of carbonyl (C=O) groups is 1. The van der Waals surface area contributed by atoms with Gasteiger partial charge in [0, 0.05) is 17.8 Å². The molecule has 2 aromatic rings. The highest BCUT2D eigenvalue weighted by Crippen LogP contribution is 2.28. The molecular weight excluding hydrogens is 260 g/mol. The van der Waals surface area contributed by atoms with E-state index in [1.807, 2.05) is 18.2 Å². The number of fused-ring (bicyclic) bond motifs is 1. The van der Waals surface area contributed by atoms with Crippen LogP contribution in [0.1, 0.15) is 39.9 Å². The van der Waals surface area contributed by atoms with Gasteiger partial charge in [-0.2, -0.15) is 0 Å². The second-order valence-corrected chi connectivity index (χ2v) is 5.57. The SMILES string of the molecule is NC(=O)c1cccc(CNc2cccc3c2CCCC3)c1. The van der Waals surface area contributed by atoms with Crippen molar-refractivity contribution in [2.24, 2.45) is 5.73 Å². The molecule has 0 bridgehead atoms. The molecule has 21 heavy (non-hydrogen) atoms. The Morgan fingerprint density at radius 2 is 1.90 bits per heavy atom. The number of aryl methyl sites for hydroxylation is 1. The van der Waals surface area contributed by atoms with Crippen LogP contribution in [0.3, 0.4) is 0 Å². The lowest BCUT2D eigenvalue weighted by molar-refractivity contribution is 0.1000. The minimum absolute atomic E-state index is 0.381. The molecule has 3 rings (SSSR count). The fraction of sp³-hybridized carbons (Fsp3) is 0.278. The van der Waals surface area contributed by atoms with Crippen LogP contribution in [-0.2, 0) is 19.4 Å². The quantitative estimate of drug-likeness (QED) is 0.903. The van der Waals surface area contributed by atoms with Gasteiger partial charge in [-0.25, -0.2) is 0 Å². The first kappa shape index (κ1) is 13.7. The topological polar surface area (TPSA) is 55.1 Å². The Labute approximate surface area is 125 Å². The van der Waals surface area contributed by atoms with Gasteiger partial charge in [-0.05, 0) is 60.6 Å². The van der Waals surface area contributed by atoms with E-state index in [4.69, 9.17) is 5.73 Å². The molecule has 0 unspecified atom stereocenters. The first-order chi connectivity index (χ1) is 10.2. The lowest BCUT2D eigenvalue weighted by Crippen LogP contribution is -2.12. The first-order valence-electron chi connectivity index (χ1n) is 7.47. The number of hydrogen-bond donors (Lipinski definition) is 2. The molecule has 0 heterocycles. The van der Waals surface area contributed by atoms with Crippen LogP contribution < -0.4 is 11.1 Å². The van der Waals surface area contributed by atoms with E-state index >= 15 is 0 Å². The predicted molar refractivity (Wildman–Crippen MR) is 85.4 cm³/mol. The van der Waals surface area contributed by atoms with E-state index in [2.05, 4.69) is 23.5 Å². The molecular formula is C18H20N2O. The standard InChI is InChI=1S/C18H20N2O/c19-18(21)15-8-3-5-13(11-15)12-20-17-10-4-7-14-6-1-2-9-16(14)17/h3-5,7-8,10-11,20H,1-2,6,9,12H2,(H2,19,21). The Morgan fingerprint density at radius 3 is 2.76 bits per heavy atom. The minimum atomic E-state index is -0.381. The minimum Gasteiger partial charge on any atom is -0.381 e. The van der Waals surface area contributed by atoms with Crippen LogP contribution in [0.4, 0.5) is 5.69 Å². The zero-order valence-corrected chi connectivity index (χ0v) is 12.1. The van der Waals surface area contributed by atoms with Crippen molar-refractivity contribution in [3.05, 3.63) is 64.7 Å². The highest BCUT2D eigenvalue weighted by atomic mass is 16.1. The van der Waals surface area contributed by atoms with Crippen LogP contribution in [-0.4, -0.2) is 5.91 Å². The number of amides is 1. The fourth-order valence-electron chi connectivity index (χ4n) is 2.98. The molecule has 1 aliphatic rings. The second-order valence-electron chi connectivity index (χ2n) is 5.57. The molecule has 0 saturated heterocycles. The van der Waals surface area contributed by atoms with Crippen LogP contribution in [0.5, 0.6) is 0 Å². The van der Waals surface area contributed by atoms with E-state index in [1.165, 1.54) is 36.1 Å². The maximum absolute atomic E-state index is 11.2. The van der Waals surface area contributed by atoms with Crippen molar-refractivity contribution in [1.82, 2.24) is 0 Å². The molecule has 3 heteroatoms. The Morgan fingerprint density at radius 1 is 1.10 bits per heavy atom. The molecule has 0 aromatic heterocycles. The van der Waals surface area contributed by atoms with Crippen molar-refractivity contribution in [3.8, 4) is 0 Å². The van der Waals surface area contributed by atoms with Crippen molar-refractivity contribution < 1.29 is 4.79 Å². The van der Waals surface area contributed by atoms with Crippen LogP contribution >= 0.6 is 0 Å². The monoisotopic (exact) mass is 280 g/mol. The Balaban J connectivity index is 1.76. The Bertz CT molecular complexity index is 664. The van der Waals surface area contributed by atoms with Crippen molar-refractivity contribution in [2.45, 2.75) is 32.2 Å². The third-order valence-electron chi connectivity index (χ3n) is 4.09. The normalized spacial score (nSPS) is 13.5. The Kier molecular flexibility index (Phi) is 3.91. The van der Waals surface area contributed by atoms with Gasteiger partial charge in [-0.3, -0.25) is 4.79 Å². The van der Waals surface area contributed by atoms with E-state index in [9.17, 15) is 4.79 Å². The average molecular weight is 280 g/mol. The summed E-state index contributed by atoms with van der Waals surface area (Å²) in [7, 11) is 0. The van der Waals surface area contributed by atoms with Gasteiger partial charge in [0.15, 0.2) is 0 Å². The van der Waals surface area contributed by atoms with Crippen LogP contribution in [0, 0.1) is 0 Å². The van der Waals surface area contributed by atoms with Gasteiger partial charge in [0.1, 0.15) is 0 Å². The Hall–Kier alpha value is -2.29. The molecule has 1 aliphatic carbocycles. The molecule has 1 amide bonds. The number of carbonyl (C=O) groups excluding carboxylic acids is 1. The van der Waals surface area contributed by atoms with E-state index in [-0.39, 0.29) is 5.91 Å². The van der Waals surface area contributed by atoms with Gasteiger partial charge in [0.25, 0.3) is 0 Å². The van der Waals surface area contributed by atoms with Gasteiger partial charge < -0.3 is 11.1 Å². The number of rotatable bonds is 4. The van der Waals surface area contributed by atoms with E-state index in [0.717, 1.165) is 12.0 Å². The zero-order valence-electron chi connectivity index (χ0n) is 12.1. The molecule has 0 atom stereocenters. The summed E-state index contributed by atoms with van der Waals surface area (Å²) >= 11 is 0. The lowest BCUT2D eigenvalue weighted by Gasteiger charge is -2.20. The first-order valence-corrected chi connectivity index (χ1v) is 7.47. The van der Waals surface area contributed by atoms with E-state index < -0.39 is 0 Å². The van der Waals surface area contributed by atoms with Gasteiger partial charge in [-0.15, -0.1) is 0 Å². The molecule has 0 fully saturated rings. The molecule has 3 N–H and O–H groups in total. The van der Waals surface area contributed by atoms with Crippen molar-refractivity contribution in [3.63, 3.8) is 0 Å². The van der Waals surface area contributed by atoms with E-state index in [1.54, 1.807) is 6.07 Å². The largest absolute Gasteiger partial charge is 0.381 e. The molecule has 0 aliphatic heterocycles. The highest BCUT2D eigenvalue weighted by molar-refractivity contribution is 5.92. The summed E-state index contributed by atoms with van der Waals surface area (Å²) in [5.41, 5.74) is 11.1. The van der Waals surface area contributed by atoms with Gasteiger partial charge in [-0.1, -0.05) is 24.3 Å². The zero-order chi connectivity index (χ0) is 14.7. The number of hydrogen-bond acceptors (Lipinski definition) is 2. The lowest BCUT2D eigenvalue weighted by atomic mass is 9.90.